The number of rotatable bonds is 19. The molecule has 16 nitrogen and oxygen atoms in total. The zero-order valence-corrected chi connectivity index (χ0v) is 31.5. The maximum absolute atomic E-state index is 12.5. The Kier molecular flexibility index (Phi) is 15.8. The van der Waals surface area contributed by atoms with E-state index in [1.165, 1.54) is 93.4 Å². The molecule has 0 amide bonds. The van der Waals surface area contributed by atoms with Crippen molar-refractivity contribution in [1.29, 1.82) is 0 Å². The summed E-state index contributed by atoms with van der Waals surface area (Å²) < 4.78 is 62.3. The third-order valence-electron chi connectivity index (χ3n) is 7.36. The summed E-state index contributed by atoms with van der Waals surface area (Å²) in [6.45, 7) is 5.26. The van der Waals surface area contributed by atoms with Crippen molar-refractivity contribution in [1.82, 2.24) is 0 Å². The minimum Gasteiger partial charge on any atom is -0.493 e. The van der Waals surface area contributed by atoms with Crippen LogP contribution in [0.5, 0.6) is 40.2 Å². The molecule has 0 bridgehead atoms. The summed E-state index contributed by atoms with van der Waals surface area (Å²) in [5.41, 5.74) is 0.596. The summed E-state index contributed by atoms with van der Waals surface area (Å²) in [7, 11) is 5.50. The first kappa shape index (κ1) is 42.2. The molecule has 0 aromatic heterocycles. The highest BCUT2D eigenvalue weighted by Gasteiger charge is 2.35. The van der Waals surface area contributed by atoms with Crippen LogP contribution in [0.2, 0.25) is 0 Å². The molecule has 0 saturated carbocycles. The van der Waals surface area contributed by atoms with Gasteiger partial charge in [0.2, 0.25) is 5.75 Å². The maximum Gasteiger partial charge on any atom is 0.308 e. The molecular weight excluding hydrogens is 712 g/mol. The minimum absolute atomic E-state index is 0.0229. The highest BCUT2D eigenvalue weighted by Crippen LogP contribution is 2.44. The molecule has 54 heavy (non-hydrogen) atoms. The fourth-order valence-corrected chi connectivity index (χ4v) is 5.15. The second kappa shape index (κ2) is 20.2. The minimum atomic E-state index is -1.24. The Morgan fingerprint density at radius 3 is 1.41 bits per heavy atom. The highest BCUT2D eigenvalue weighted by atomic mass is 16.6. The van der Waals surface area contributed by atoms with E-state index in [0.29, 0.717) is 11.3 Å². The van der Waals surface area contributed by atoms with Crippen LogP contribution in [0.4, 0.5) is 0 Å². The third-order valence-corrected chi connectivity index (χ3v) is 7.36. The fraction of sp³-hybridized carbons (Fsp3) is 0.395. The van der Waals surface area contributed by atoms with Crippen LogP contribution >= 0.6 is 0 Å². The molecule has 4 unspecified atom stereocenters. The molecule has 0 aliphatic heterocycles. The SMILES string of the molecule is COc1cc(C(OC(C)=O)C(COC(C)=O)Oc2c(OC)cc(C(OC(C)=O)C(COC(C)=O)Oc3ccccc3OC)cc2OC)ccc1OC(C)=O. The van der Waals surface area contributed by atoms with Crippen molar-refractivity contribution in [2.45, 2.75) is 59.0 Å². The van der Waals surface area contributed by atoms with Crippen LogP contribution in [-0.2, 0) is 42.9 Å². The first-order chi connectivity index (χ1) is 25.7. The van der Waals surface area contributed by atoms with Gasteiger partial charge >= 0.3 is 29.8 Å². The molecule has 0 radical (unpaired) electrons. The maximum atomic E-state index is 12.5. The van der Waals surface area contributed by atoms with Gasteiger partial charge in [-0.05, 0) is 36.4 Å². The average Bonchev–Trinajstić information content (AvgIpc) is 3.12. The van der Waals surface area contributed by atoms with Crippen molar-refractivity contribution in [3.05, 3.63) is 65.7 Å². The van der Waals surface area contributed by atoms with Gasteiger partial charge in [0, 0.05) is 45.7 Å². The number of carbonyl (C=O) groups excluding carboxylic acids is 5. The second-order valence-corrected chi connectivity index (χ2v) is 11.4. The van der Waals surface area contributed by atoms with Gasteiger partial charge < -0.3 is 52.1 Å². The molecule has 0 spiro atoms. The van der Waals surface area contributed by atoms with E-state index in [0.717, 1.165) is 0 Å². The smallest absolute Gasteiger partial charge is 0.308 e. The Labute approximate surface area is 312 Å². The molecule has 3 aromatic rings. The Hall–Kier alpha value is -6.19. The lowest BCUT2D eigenvalue weighted by Gasteiger charge is -2.30. The first-order valence-corrected chi connectivity index (χ1v) is 16.4. The number of para-hydroxylation sites is 2. The summed E-state index contributed by atoms with van der Waals surface area (Å²) in [6, 6.07) is 14.1. The number of benzene rings is 3. The van der Waals surface area contributed by atoms with Crippen molar-refractivity contribution in [2.75, 3.05) is 41.7 Å². The molecule has 0 heterocycles. The lowest BCUT2D eigenvalue weighted by molar-refractivity contribution is -0.159. The predicted molar refractivity (Wildman–Crippen MR) is 188 cm³/mol. The summed E-state index contributed by atoms with van der Waals surface area (Å²) in [4.78, 5) is 60.5. The molecule has 4 atom stereocenters. The van der Waals surface area contributed by atoms with Crippen LogP contribution in [0, 0.1) is 0 Å². The van der Waals surface area contributed by atoms with E-state index in [4.69, 9.17) is 52.1 Å². The number of methoxy groups -OCH3 is 4. The molecule has 0 aliphatic rings. The largest absolute Gasteiger partial charge is 0.493 e. The number of carbonyl (C=O) groups is 5. The Bertz CT molecular complexity index is 1760. The van der Waals surface area contributed by atoms with Gasteiger partial charge in [0.25, 0.3) is 0 Å². The predicted octanol–water partition coefficient (Wildman–Crippen LogP) is 4.88. The van der Waals surface area contributed by atoms with Crippen LogP contribution in [0.3, 0.4) is 0 Å². The van der Waals surface area contributed by atoms with Crippen molar-refractivity contribution in [3.63, 3.8) is 0 Å². The molecule has 0 N–H and O–H groups in total. The van der Waals surface area contributed by atoms with Gasteiger partial charge in [-0.15, -0.1) is 0 Å². The van der Waals surface area contributed by atoms with Crippen molar-refractivity contribution >= 4 is 29.8 Å². The van der Waals surface area contributed by atoms with E-state index in [-0.39, 0.29) is 46.7 Å². The lowest BCUT2D eigenvalue weighted by atomic mass is 10.0. The fourth-order valence-electron chi connectivity index (χ4n) is 5.15. The Morgan fingerprint density at radius 1 is 0.481 bits per heavy atom. The zero-order chi connectivity index (χ0) is 39.9. The normalized spacial score (nSPS) is 12.8. The number of ether oxygens (including phenoxy) is 11. The van der Waals surface area contributed by atoms with E-state index in [9.17, 15) is 24.0 Å². The first-order valence-electron chi connectivity index (χ1n) is 16.4. The van der Waals surface area contributed by atoms with Crippen molar-refractivity contribution in [3.8, 4) is 40.2 Å². The van der Waals surface area contributed by atoms with Crippen LogP contribution in [0.15, 0.2) is 54.6 Å². The molecule has 0 saturated heterocycles. The van der Waals surface area contributed by atoms with E-state index < -0.39 is 60.9 Å². The molecule has 3 rings (SSSR count). The molecule has 292 valence electrons. The lowest BCUT2D eigenvalue weighted by Crippen LogP contribution is -2.35. The third kappa shape index (κ3) is 11.9. The monoisotopic (exact) mass is 756 g/mol. The van der Waals surface area contributed by atoms with Crippen LogP contribution in [-0.4, -0.2) is 83.7 Å². The van der Waals surface area contributed by atoms with Crippen LogP contribution in [0.25, 0.3) is 0 Å². The van der Waals surface area contributed by atoms with Gasteiger partial charge in [0.1, 0.15) is 13.2 Å². The van der Waals surface area contributed by atoms with Gasteiger partial charge in [-0.1, -0.05) is 18.2 Å². The standard InChI is InChI=1S/C38H44O16/c1-21(39)48-19-34(53-29-13-11-10-12-28(29)44-6)37(52-25(5)43)27-17-32(46-8)38(33(18-27)47-9)54-35(20-49-22(2)40)36(51-24(4)42)26-14-15-30(50-23(3)41)31(16-26)45-7/h10-18,34-37H,19-20H2,1-9H3. The molecular formula is C38H44O16. The topological polar surface area (TPSA) is 187 Å². The van der Waals surface area contributed by atoms with Gasteiger partial charge in [-0.25, -0.2) is 0 Å². The van der Waals surface area contributed by atoms with Gasteiger partial charge in [-0.3, -0.25) is 24.0 Å². The Balaban J connectivity index is 2.19. The molecule has 0 aliphatic carbocycles. The summed E-state index contributed by atoms with van der Waals surface area (Å²) in [5, 5.41) is 0. The van der Waals surface area contributed by atoms with E-state index in [1.807, 2.05) is 0 Å². The summed E-state index contributed by atoms with van der Waals surface area (Å²) in [6.07, 6.45) is -4.83. The number of hydrogen-bond acceptors (Lipinski definition) is 16. The van der Waals surface area contributed by atoms with E-state index in [2.05, 4.69) is 0 Å². The van der Waals surface area contributed by atoms with Crippen LogP contribution < -0.4 is 33.2 Å². The molecule has 16 heteroatoms. The van der Waals surface area contributed by atoms with Gasteiger partial charge in [-0.2, -0.15) is 0 Å². The quantitative estimate of drug-likeness (QED) is 0.0914. The summed E-state index contributed by atoms with van der Waals surface area (Å²) in [5.74, 6) is -2.28. The Morgan fingerprint density at radius 2 is 0.944 bits per heavy atom. The molecule has 0 fully saturated rings. The van der Waals surface area contributed by atoms with E-state index in [1.54, 1.807) is 24.3 Å². The van der Waals surface area contributed by atoms with Gasteiger partial charge in [0.15, 0.2) is 58.9 Å². The summed E-state index contributed by atoms with van der Waals surface area (Å²) >= 11 is 0. The van der Waals surface area contributed by atoms with Crippen LogP contribution in [0.1, 0.15) is 58.0 Å². The number of hydrogen-bond donors (Lipinski definition) is 0. The van der Waals surface area contributed by atoms with Crippen molar-refractivity contribution < 1.29 is 76.1 Å². The molecule has 3 aromatic carbocycles. The van der Waals surface area contributed by atoms with E-state index >= 15 is 0 Å². The highest BCUT2D eigenvalue weighted by molar-refractivity contribution is 5.71. The zero-order valence-electron chi connectivity index (χ0n) is 31.5. The average molecular weight is 757 g/mol. The van der Waals surface area contributed by atoms with Crippen molar-refractivity contribution in [2.24, 2.45) is 0 Å². The number of esters is 5. The van der Waals surface area contributed by atoms with Gasteiger partial charge in [0.05, 0.1) is 28.4 Å². The second-order valence-electron chi connectivity index (χ2n) is 11.4.